The second-order valence-corrected chi connectivity index (χ2v) is 5.35. The van der Waals surface area contributed by atoms with Crippen molar-refractivity contribution in [1.82, 2.24) is 9.38 Å². The Bertz CT molecular complexity index is 736. The molecule has 0 bridgehead atoms. The lowest BCUT2D eigenvalue weighted by Gasteiger charge is -2.00. The van der Waals surface area contributed by atoms with Crippen LogP contribution >= 0.6 is 11.3 Å². The summed E-state index contributed by atoms with van der Waals surface area (Å²) in [5.41, 5.74) is 0.279. The van der Waals surface area contributed by atoms with Gasteiger partial charge in [0.1, 0.15) is 5.69 Å². The fraction of sp³-hybridized carbons (Fsp3) is 0.333. The number of aromatic nitrogens is 2. The van der Waals surface area contributed by atoms with Gasteiger partial charge in [-0.2, -0.15) is 0 Å². The van der Waals surface area contributed by atoms with E-state index in [1.165, 1.54) is 21.9 Å². The van der Waals surface area contributed by atoms with Crippen LogP contribution in [0, 0.1) is 10.1 Å². The van der Waals surface area contributed by atoms with Crippen molar-refractivity contribution < 1.29 is 4.92 Å². The molecule has 0 atom stereocenters. The van der Waals surface area contributed by atoms with E-state index >= 15 is 0 Å². The van der Waals surface area contributed by atoms with Crippen LogP contribution in [0.5, 0.6) is 0 Å². The fourth-order valence-corrected chi connectivity index (χ4v) is 3.04. The summed E-state index contributed by atoms with van der Waals surface area (Å²) < 4.78 is 1.22. The van der Waals surface area contributed by atoms with Gasteiger partial charge in [0.05, 0.1) is 4.92 Å². The van der Waals surface area contributed by atoms with Gasteiger partial charge in [-0.1, -0.05) is 5.57 Å². The van der Waals surface area contributed by atoms with Crippen LogP contribution in [0.15, 0.2) is 21.9 Å². The van der Waals surface area contributed by atoms with E-state index in [4.69, 9.17) is 0 Å². The van der Waals surface area contributed by atoms with Crippen LogP contribution in [0.4, 0.5) is 5.69 Å². The third kappa shape index (κ3) is 2.06. The number of hydrogen-bond acceptors (Lipinski definition) is 5. The summed E-state index contributed by atoms with van der Waals surface area (Å²) >= 11 is 1.29. The zero-order valence-electron chi connectivity index (χ0n) is 10.0. The van der Waals surface area contributed by atoms with Gasteiger partial charge in [-0.15, -0.1) is 11.3 Å². The number of hydrogen-bond donors (Lipinski definition) is 0. The van der Waals surface area contributed by atoms with Gasteiger partial charge in [0, 0.05) is 11.6 Å². The van der Waals surface area contributed by atoms with Crippen molar-refractivity contribution in [2.75, 3.05) is 0 Å². The van der Waals surface area contributed by atoms with E-state index in [9.17, 15) is 14.9 Å². The van der Waals surface area contributed by atoms with Crippen LogP contribution in [0.3, 0.4) is 0 Å². The van der Waals surface area contributed by atoms with Gasteiger partial charge >= 0.3 is 11.2 Å². The Hall–Kier alpha value is -2.02. The Morgan fingerprint density at radius 3 is 2.84 bits per heavy atom. The molecule has 98 valence electrons. The average molecular weight is 277 g/mol. The summed E-state index contributed by atoms with van der Waals surface area (Å²) in [6.45, 7) is 0. The van der Waals surface area contributed by atoms with E-state index in [0.29, 0.717) is 4.96 Å². The molecule has 0 N–H and O–H groups in total. The third-order valence-corrected chi connectivity index (χ3v) is 4.00. The van der Waals surface area contributed by atoms with E-state index in [0.717, 1.165) is 31.3 Å². The average Bonchev–Trinajstić information content (AvgIpc) is 2.99. The summed E-state index contributed by atoms with van der Waals surface area (Å²) in [7, 11) is 0. The molecule has 0 spiro atoms. The van der Waals surface area contributed by atoms with E-state index in [1.54, 1.807) is 11.5 Å². The van der Waals surface area contributed by atoms with Crippen molar-refractivity contribution >= 4 is 28.1 Å². The van der Waals surface area contributed by atoms with Gasteiger partial charge in [-0.05, 0) is 31.8 Å². The highest BCUT2D eigenvalue weighted by Gasteiger charge is 2.23. The minimum absolute atomic E-state index is 0.189. The Morgan fingerprint density at radius 2 is 2.16 bits per heavy atom. The minimum atomic E-state index is -0.638. The maximum atomic E-state index is 12.1. The molecule has 1 fully saturated rings. The van der Waals surface area contributed by atoms with Crippen molar-refractivity contribution in [3.63, 3.8) is 0 Å². The zero-order valence-corrected chi connectivity index (χ0v) is 10.9. The van der Waals surface area contributed by atoms with Crippen molar-refractivity contribution in [2.45, 2.75) is 25.7 Å². The highest BCUT2D eigenvalue weighted by atomic mass is 32.1. The Balaban J connectivity index is 2.26. The molecule has 1 saturated carbocycles. The molecule has 0 aliphatic heterocycles. The normalized spacial score (nSPS) is 15.1. The predicted molar refractivity (Wildman–Crippen MR) is 72.4 cm³/mol. The van der Waals surface area contributed by atoms with Crippen LogP contribution in [0.25, 0.3) is 11.0 Å². The number of nitro groups is 1. The van der Waals surface area contributed by atoms with Gasteiger partial charge in [0.25, 0.3) is 0 Å². The lowest BCUT2D eigenvalue weighted by molar-refractivity contribution is -0.386. The molecule has 0 amide bonds. The summed E-state index contributed by atoms with van der Waals surface area (Å²) in [4.78, 5) is 27.3. The smallest absolute Gasteiger partial charge is 0.261 e. The lowest BCUT2D eigenvalue weighted by atomic mass is 10.2. The zero-order chi connectivity index (χ0) is 13.4. The molecule has 0 saturated heterocycles. The largest absolute Gasteiger partial charge is 0.359 e. The molecular formula is C12H11N3O3S. The fourth-order valence-electron chi connectivity index (χ4n) is 2.33. The molecule has 0 radical (unpaired) electrons. The number of fused-ring (bicyclic) bond motifs is 1. The quantitative estimate of drug-likeness (QED) is 0.624. The first kappa shape index (κ1) is 12.0. The topological polar surface area (TPSA) is 77.5 Å². The first-order chi connectivity index (χ1) is 9.16. The van der Waals surface area contributed by atoms with E-state index in [1.807, 2.05) is 0 Å². The summed E-state index contributed by atoms with van der Waals surface area (Å²) in [6, 6.07) is 0. The molecule has 0 unspecified atom stereocenters. The second kappa shape index (κ2) is 4.58. The molecule has 1 aliphatic rings. The molecule has 2 aromatic heterocycles. The summed E-state index contributed by atoms with van der Waals surface area (Å²) in [6.07, 6.45) is 7.28. The Morgan fingerprint density at radius 1 is 1.42 bits per heavy atom. The van der Waals surface area contributed by atoms with Crippen molar-refractivity contribution in [1.29, 1.82) is 0 Å². The molecule has 2 aromatic rings. The first-order valence-electron chi connectivity index (χ1n) is 6.00. The molecule has 6 nitrogen and oxygen atoms in total. The van der Waals surface area contributed by atoms with Crippen LogP contribution in [-0.4, -0.2) is 14.3 Å². The number of allylic oxidation sites excluding steroid dienone is 1. The molecule has 1 aliphatic carbocycles. The van der Waals surface area contributed by atoms with Gasteiger partial charge in [-0.25, -0.2) is 4.98 Å². The predicted octanol–water partition coefficient (Wildman–Crippen LogP) is 2.62. The molecule has 2 heterocycles. The molecular weight excluding hydrogens is 266 g/mol. The standard InChI is InChI=1S/C12H11N3O3S/c16-11-10(15(17)18)9(7-8-3-1-2-4-8)13-12-14(11)5-6-19-12/h5-7H,1-4H2. The maximum Gasteiger partial charge on any atom is 0.359 e. The minimum Gasteiger partial charge on any atom is -0.261 e. The summed E-state index contributed by atoms with van der Waals surface area (Å²) in [5.74, 6) is 0. The van der Waals surface area contributed by atoms with Crippen LogP contribution in [0.1, 0.15) is 31.4 Å². The van der Waals surface area contributed by atoms with Crippen molar-refractivity contribution in [3.8, 4) is 0 Å². The highest BCUT2D eigenvalue weighted by Crippen LogP contribution is 2.27. The van der Waals surface area contributed by atoms with Crippen molar-refractivity contribution in [2.24, 2.45) is 0 Å². The number of nitrogens with zero attached hydrogens (tertiary/aromatic N) is 3. The first-order valence-corrected chi connectivity index (χ1v) is 6.88. The van der Waals surface area contributed by atoms with Crippen LogP contribution in [-0.2, 0) is 0 Å². The molecule has 0 aromatic carbocycles. The van der Waals surface area contributed by atoms with Gasteiger partial charge in [-0.3, -0.25) is 19.3 Å². The number of rotatable bonds is 2. The lowest BCUT2D eigenvalue weighted by Crippen LogP contribution is -2.18. The van der Waals surface area contributed by atoms with Gasteiger partial charge < -0.3 is 0 Å². The van der Waals surface area contributed by atoms with E-state index in [-0.39, 0.29) is 5.69 Å². The van der Waals surface area contributed by atoms with Gasteiger partial charge in [0.2, 0.25) is 0 Å². The monoisotopic (exact) mass is 277 g/mol. The Kier molecular flexibility index (Phi) is 2.90. The molecule has 7 heteroatoms. The van der Waals surface area contributed by atoms with Crippen LogP contribution in [0.2, 0.25) is 0 Å². The van der Waals surface area contributed by atoms with Gasteiger partial charge in [0.15, 0.2) is 4.96 Å². The number of thiazole rings is 1. The van der Waals surface area contributed by atoms with E-state index < -0.39 is 16.2 Å². The van der Waals surface area contributed by atoms with Crippen LogP contribution < -0.4 is 5.56 Å². The highest BCUT2D eigenvalue weighted by molar-refractivity contribution is 7.15. The maximum absolute atomic E-state index is 12.1. The SMILES string of the molecule is O=c1c([N+](=O)[O-])c(C=C2CCCC2)nc2sccn12. The Labute approximate surface area is 112 Å². The molecule has 3 rings (SSSR count). The molecule has 19 heavy (non-hydrogen) atoms. The second-order valence-electron chi connectivity index (χ2n) is 4.47. The van der Waals surface area contributed by atoms with Crippen molar-refractivity contribution in [3.05, 3.63) is 43.3 Å². The van der Waals surface area contributed by atoms with E-state index in [2.05, 4.69) is 4.98 Å². The third-order valence-electron chi connectivity index (χ3n) is 3.24. The summed E-state index contributed by atoms with van der Waals surface area (Å²) in [5, 5.41) is 12.8.